The summed E-state index contributed by atoms with van der Waals surface area (Å²) in [7, 11) is 1.68. The summed E-state index contributed by atoms with van der Waals surface area (Å²) in [6, 6.07) is 15.8. The van der Waals surface area contributed by atoms with E-state index >= 15 is 0 Å². The Bertz CT molecular complexity index is 824. The van der Waals surface area contributed by atoms with Crippen molar-refractivity contribution in [2.24, 2.45) is 4.99 Å². The molecule has 1 fully saturated rings. The molecule has 0 atom stereocenters. The van der Waals surface area contributed by atoms with E-state index in [2.05, 4.69) is 11.1 Å². The second-order valence-electron chi connectivity index (χ2n) is 6.82. The minimum atomic E-state index is -0.246. The first-order valence-electron chi connectivity index (χ1n) is 8.90. The Kier molecular flexibility index (Phi) is 4.37. The van der Waals surface area contributed by atoms with Gasteiger partial charge in [0.15, 0.2) is 0 Å². The minimum absolute atomic E-state index is 0.0971. The van der Waals surface area contributed by atoms with E-state index in [0.29, 0.717) is 19.7 Å². The number of hydrogen-bond acceptors (Lipinski definition) is 4. The molecule has 134 valence electrons. The number of aliphatic imine (C=N–C) groups is 1. The average molecular weight is 350 g/mol. The number of likely N-dealkylation sites (tertiary alicyclic amines) is 1. The molecule has 0 radical (unpaired) electrons. The van der Waals surface area contributed by atoms with Gasteiger partial charge in [0.05, 0.1) is 12.8 Å². The lowest BCUT2D eigenvalue weighted by Crippen LogP contribution is -2.45. The lowest BCUT2D eigenvalue weighted by Gasteiger charge is -2.37. The van der Waals surface area contributed by atoms with Crippen LogP contribution in [-0.4, -0.2) is 37.4 Å². The van der Waals surface area contributed by atoms with Gasteiger partial charge >= 0.3 is 6.09 Å². The van der Waals surface area contributed by atoms with E-state index in [1.807, 2.05) is 48.7 Å². The number of hydrogen-bond donors (Lipinski definition) is 0. The first-order valence-corrected chi connectivity index (χ1v) is 8.90. The molecule has 1 saturated heterocycles. The molecular formula is C21H22N2O3. The minimum Gasteiger partial charge on any atom is -0.497 e. The van der Waals surface area contributed by atoms with Crippen molar-refractivity contribution >= 4 is 18.0 Å². The van der Waals surface area contributed by atoms with Gasteiger partial charge < -0.3 is 14.4 Å². The fourth-order valence-electron chi connectivity index (χ4n) is 3.71. The van der Waals surface area contributed by atoms with Gasteiger partial charge in [-0.1, -0.05) is 30.3 Å². The molecule has 5 heteroatoms. The number of rotatable bonds is 3. The molecule has 1 spiro atoms. The van der Waals surface area contributed by atoms with Crippen molar-refractivity contribution in [2.75, 3.05) is 20.2 Å². The van der Waals surface area contributed by atoms with Crippen LogP contribution in [-0.2, 0) is 16.8 Å². The highest BCUT2D eigenvalue weighted by Gasteiger charge is 2.40. The number of methoxy groups -OCH3 is 1. The summed E-state index contributed by atoms with van der Waals surface area (Å²) < 4.78 is 10.8. The molecule has 1 amide bonds. The Morgan fingerprint density at radius 2 is 1.92 bits per heavy atom. The number of amides is 1. The van der Waals surface area contributed by atoms with Gasteiger partial charge in [-0.3, -0.25) is 4.99 Å². The van der Waals surface area contributed by atoms with Crippen molar-refractivity contribution in [3.05, 3.63) is 59.7 Å². The molecule has 0 aliphatic carbocycles. The summed E-state index contributed by atoms with van der Waals surface area (Å²) in [5, 5.41) is 0. The Hall–Kier alpha value is -2.82. The van der Waals surface area contributed by atoms with Gasteiger partial charge in [-0.15, -0.1) is 0 Å². The molecular weight excluding hydrogens is 328 g/mol. The van der Waals surface area contributed by atoms with Crippen LogP contribution in [0.4, 0.5) is 10.5 Å². The van der Waals surface area contributed by atoms with E-state index in [1.54, 1.807) is 12.0 Å². The van der Waals surface area contributed by atoms with Crippen LogP contribution in [0.2, 0.25) is 0 Å². The predicted molar refractivity (Wildman–Crippen MR) is 100 cm³/mol. The van der Waals surface area contributed by atoms with Gasteiger partial charge in [-0.25, -0.2) is 4.79 Å². The summed E-state index contributed by atoms with van der Waals surface area (Å²) in [5.41, 5.74) is 3.11. The van der Waals surface area contributed by atoms with E-state index in [4.69, 9.17) is 9.47 Å². The Morgan fingerprint density at radius 3 is 2.65 bits per heavy atom. The number of carbonyl (C=O) groups excluding carboxylic acids is 1. The summed E-state index contributed by atoms with van der Waals surface area (Å²) in [6.07, 6.45) is 3.49. The van der Waals surface area contributed by atoms with Gasteiger partial charge in [-0.2, -0.15) is 0 Å². The number of benzene rings is 2. The second kappa shape index (κ2) is 6.83. The topological polar surface area (TPSA) is 51.1 Å². The van der Waals surface area contributed by atoms with Gasteiger partial charge in [0.25, 0.3) is 0 Å². The molecule has 0 aromatic heterocycles. The van der Waals surface area contributed by atoms with Crippen LogP contribution in [0.25, 0.3) is 0 Å². The molecule has 5 nitrogen and oxygen atoms in total. The van der Waals surface area contributed by atoms with E-state index in [9.17, 15) is 4.79 Å². The highest BCUT2D eigenvalue weighted by Crippen LogP contribution is 2.45. The monoisotopic (exact) mass is 350 g/mol. The van der Waals surface area contributed by atoms with Crippen molar-refractivity contribution in [3.63, 3.8) is 0 Å². The van der Waals surface area contributed by atoms with E-state index in [-0.39, 0.29) is 11.5 Å². The van der Waals surface area contributed by atoms with Crippen molar-refractivity contribution in [2.45, 2.75) is 24.9 Å². The van der Waals surface area contributed by atoms with Crippen LogP contribution in [0.3, 0.4) is 0 Å². The maximum absolute atomic E-state index is 12.4. The van der Waals surface area contributed by atoms with Gasteiger partial charge in [0.1, 0.15) is 12.4 Å². The maximum Gasteiger partial charge on any atom is 0.410 e. The summed E-state index contributed by atoms with van der Waals surface area (Å²) in [6.45, 7) is 1.63. The molecule has 0 bridgehead atoms. The Labute approximate surface area is 153 Å². The molecule has 2 aliphatic rings. The molecule has 26 heavy (non-hydrogen) atoms. The van der Waals surface area contributed by atoms with Crippen LogP contribution in [0.15, 0.2) is 53.5 Å². The first kappa shape index (κ1) is 16.6. The maximum atomic E-state index is 12.4. The SMILES string of the molecule is COc1ccc2c(c1)C1(C=N2)CCN(C(=O)OCc2ccccc2)CC1. The van der Waals surface area contributed by atoms with Crippen molar-refractivity contribution in [3.8, 4) is 5.75 Å². The number of ether oxygens (including phenoxy) is 2. The largest absolute Gasteiger partial charge is 0.497 e. The van der Waals surface area contributed by atoms with Gasteiger partial charge in [-0.05, 0) is 42.2 Å². The van der Waals surface area contributed by atoms with Crippen LogP contribution in [0, 0.1) is 0 Å². The third kappa shape index (κ3) is 3.05. The summed E-state index contributed by atoms with van der Waals surface area (Å²) >= 11 is 0. The quantitative estimate of drug-likeness (QED) is 0.838. The van der Waals surface area contributed by atoms with Crippen molar-refractivity contribution in [1.29, 1.82) is 0 Å². The zero-order valence-corrected chi connectivity index (χ0v) is 14.9. The third-order valence-electron chi connectivity index (χ3n) is 5.31. The fourth-order valence-corrected chi connectivity index (χ4v) is 3.71. The van der Waals surface area contributed by atoms with Gasteiger partial charge in [0.2, 0.25) is 0 Å². The Morgan fingerprint density at radius 1 is 1.15 bits per heavy atom. The highest BCUT2D eigenvalue weighted by molar-refractivity contribution is 5.86. The Balaban J connectivity index is 1.39. The van der Waals surface area contributed by atoms with E-state index in [1.165, 1.54) is 5.56 Å². The highest BCUT2D eigenvalue weighted by atomic mass is 16.6. The molecule has 2 aromatic rings. The van der Waals surface area contributed by atoms with Crippen molar-refractivity contribution < 1.29 is 14.3 Å². The standard InChI is InChI=1S/C21H22N2O3/c1-25-17-7-8-19-18(13-17)21(15-22-19)9-11-23(12-10-21)20(24)26-14-16-5-3-2-4-6-16/h2-8,13,15H,9-12,14H2,1H3. The summed E-state index contributed by atoms with van der Waals surface area (Å²) in [4.78, 5) is 18.7. The number of fused-ring (bicyclic) bond motifs is 2. The molecule has 0 N–H and O–H groups in total. The second-order valence-corrected chi connectivity index (χ2v) is 6.82. The molecule has 0 unspecified atom stereocenters. The predicted octanol–water partition coefficient (Wildman–Crippen LogP) is 4.08. The zero-order valence-electron chi connectivity index (χ0n) is 14.9. The molecule has 2 aromatic carbocycles. The van der Waals surface area contributed by atoms with Crippen LogP contribution >= 0.6 is 0 Å². The lowest BCUT2D eigenvalue weighted by atomic mass is 9.74. The molecule has 2 aliphatic heterocycles. The first-order chi connectivity index (χ1) is 12.7. The molecule has 2 heterocycles. The summed E-state index contributed by atoms with van der Waals surface area (Å²) in [5.74, 6) is 0.846. The third-order valence-corrected chi connectivity index (χ3v) is 5.31. The van der Waals surface area contributed by atoms with Gasteiger partial charge in [0, 0.05) is 24.7 Å². The van der Waals surface area contributed by atoms with E-state index < -0.39 is 0 Å². The molecule has 0 saturated carbocycles. The zero-order chi connectivity index (χ0) is 18.0. The van der Waals surface area contributed by atoms with Crippen LogP contribution < -0.4 is 4.74 Å². The van der Waals surface area contributed by atoms with Crippen molar-refractivity contribution in [1.82, 2.24) is 4.90 Å². The smallest absolute Gasteiger partial charge is 0.410 e. The number of piperidine rings is 1. The average Bonchev–Trinajstić information content (AvgIpc) is 3.05. The van der Waals surface area contributed by atoms with Crippen LogP contribution in [0.1, 0.15) is 24.0 Å². The lowest BCUT2D eigenvalue weighted by molar-refractivity contribution is 0.0840. The van der Waals surface area contributed by atoms with E-state index in [0.717, 1.165) is 29.8 Å². The fraction of sp³-hybridized carbons (Fsp3) is 0.333. The molecule has 4 rings (SSSR count). The number of carbonyl (C=O) groups is 1. The number of nitrogens with zero attached hydrogens (tertiary/aromatic N) is 2. The van der Waals surface area contributed by atoms with Crippen LogP contribution in [0.5, 0.6) is 5.75 Å². The normalized spacial score (nSPS) is 17.2.